The van der Waals surface area contributed by atoms with Crippen LogP contribution in [-0.4, -0.2) is 23.0 Å². The van der Waals surface area contributed by atoms with Gasteiger partial charge in [0.1, 0.15) is 11.2 Å². The summed E-state index contributed by atoms with van der Waals surface area (Å²) in [6.45, 7) is 34.1. The molecule has 1 radical (unpaired) electrons. The Morgan fingerprint density at radius 3 is 1.66 bits per heavy atom. The van der Waals surface area contributed by atoms with Crippen molar-refractivity contribution >= 4 is 35.2 Å². The zero-order chi connectivity index (χ0) is 50.6. The maximum Gasteiger partial charge on any atom is 0.144 e. The SMILES string of the molecule is CC(C)(C)Cc1cc(-c2ccccc2)ncc1[Si](C)(C)C.CC(C)(C)Cc1ccnc(-c2ccccc2)c1.Cc1cc(C)c(-c2ccc3c(c2)oc2c(-c4cc(C(C)(C)C)ccn4)cccc23)c(C)c1.[Ir]. The molecular weight excluding hydrogens is 1060 g/mol. The first-order valence-electron chi connectivity index (χ1n) is 25.0. The number of hydrogen-bond donors (Lipinski definition) is 0. The minimum atomic E-state index is -1.36. The van der Waals surface area contributed by atoms with Crippen molar-refractivity contribution in [3.05, 3.63) is 191 Å². The van der Waals surface area contributed by atoms with Crippen LogP contribution in [-0.2, 0) is 38.4 Å². The Labute approximate surface area is 440 Å². The number of para-hydroxylation sites is 1. The van der Waals surface area contributed by atoms with Gasteiger partial charge in [0.05, 0.1) is 25.2 Å². The molecule has 4 heterocycles. The van der Waals surface area contributed by atoms with Crippen LogP contribution in [0, 0.1) is 31.6 Å². The van der Waals surface area contributed by atoms with Gasteiger partial charge in [-0.2, -0.15) is 0 Å². The van der Waals surface area contributed by atoms with Crippen molar-refractivity contribution in [1.82, 2.24) is 15.0 Å². The van der Waals surface area contributed by atoms with Crippen LogP contribution < -0.4 is 5.19 Å². The second-order valence-corrected chi connectivity index (χ2v) is 28.7. The van der Waals surface area contributed by atoms with Crippen molar-refractivity contribution < 1.29 is 24.5 Å². The first-order valence-corrected chi connectivity index (χ1v) is 28.5. The van der Waals surface area contributed by atoms with Gasteiger partial charge in [0.2, 0.25) is 0 Å². The fourth-order valence-electron chi connectivity index (χ4n) is 9.46. The summed E-state index contributed by atoms with van der Waals surface area (Å²) < 4.78 is 6.49. The van der Waals surface area contributed by atoms with E-state index in [9.17, 15) is 0 Å². The average Bonchev–Trinajstić information content (AvgIpc) is 3.66. The number of rotatable bonds is 7. The number of nitrogens with zero attached hydrogens (tertiary/aromatic N) is 3. The van der Waals surface area contributed by atoms with E-state index in [0.29, 0.717) is 10.8 Å². The first kappa shape index (κ1) is 54.5. The summed E-state index contributed by atoms with van der Waals surface area (Å²) in [6.07, 6.45) is 8.13. The van der Waals surface area contributed by atoms with E-state index < -0.39 is 8.07 Å². The molecule has 0 amide bonds. The van der Waals surface area contributed by atoms with Crippen molar-refractivity contribution in [1.29, 1.82) is 0 Å². The van der Waals surface area contributed by atoms with E-state index in [2.05, 4.69) is 240 Å². The van der Waals surface area contributed by atoms with Gasteiger partial charge in [-0.05, 0) is 143 Å². The average molecular weight is 1130 g/mol. The molecule has 0 aliphatic heterocycles. The molecule has 4 nitrogen and oxygen atoms in total. The maximum atomic E-state index is 6.49. The number of benzene rings is 5. The Kier molecular flexibility index (Phi) is 17.2. The fourth-order valence-corrected chi connectivity index (χ4v) is 11.0. The van der Waals surface area contributed by atoms with Gasteiger partial charge in [0, 0.05) is 66.2 Å². The van der Waals surface area contributed by atoms with Crippen LogP contribution in [0.25, 0.3) is 66.8 Å². The summed E-state index contributed by atoms with van der Waals surface area (Å²) in [6, 6.07) is 49.1. The number of fused-ring (bicyclic) bond motifs is 3. The summed E-state index contributed by atoms with van der Waals surface area (Å²) in [5.74, 6) is 0. The zero-order valence-corrected chi connectivity index (χ0v) is 48.4. The summed E-state index contributed by atoms with van der Waals surface area (Å²) in [4.78, 5) is 13.9. The molecule has 71 heavy (non-hydrogen) atoms. The van der Waals surface area contributed by atoms with Crippen LogP contribution in [0.4, 0.5) is 0 Å². The van der Waals surface area contributed by atoms with Gasteiger partial charge >= 0.3 is 0 Å². The van der Waals surface area contributed by atoms with E-state index in [0.717, 1.165) is 57.4 Å². The van der Waals surface area contributed by atoms with Gasteiger partial charge in [-0.3, -0.25) is 15.0 Å². The smallest absolute Gasteiger partial charge is 0.144 e. The van der Waals surface area contributed by atoms with E-state index in [1.54, 1.807) is 0 Å². The third-order valence-corrected chi connectivity index (χ3v) is 14.6. The molecule has 6 heteroatoms. The molecule has 0 bridgehead atoms. The summed E-state index contributed by atoms with van der Waals surface area (Å²) >= 11 is 0. The van der Waals surface area contributed by atoms with Gasteiger partial charge in [-0.1, -0.05) is 179 Å². The van der Waals surface area contributed by atoms with E-state index in [4.69, 9.17) is 9.40 Å². The van der Waals surface area contributed by atoms with Gasteiger partial charge < -0.3 is 4.42 Å². The van der Waals surface area contributed by atoms with Gasteiger partial charge in [-0.25, -0.2) is 0 Å². The minimum absolute atomic E-state index is 0. The molecule has 5 aromatic carbocycles. The standard InChI is InChI=1S/C30H29NO.C19H27NSi.C16H19N.Ir/c1-18-14-19(2)28(20(3)15-18)21-10-11-23-24-8-7-9-25(29(24)32-27(23)16-21)26-17-22(12-13-31-26)30(4,5)6;1-19(2,3)13-16-12-17(15-10-8-7-9-11-15)20-14-18(16)21(4,5)6;1-16(2,3)12-13-9-10-17-15(11-13)14-7-5-4-6-8-14;/h7-17H,1-6H3;7-12,14H,13H2,1-6H3;4-11H,12H2,1-3H3;. The topological polar surface area (TPSA) is 51.8 Å². The predicted molar refractivity (Wildman–Crippen MR) is 304 cm³/mol. The van der Waals surface area contributed by atoms with Crippen LogP contribution in [0.15, 0.2) is 163 Å². The maximum absolute atomic E-state index is 6.49. The molecule has 0 aliphatic rings. The summed E-state index contributed by atoms with van der Waals surface area (Å²) in [5, 5.41) is 3.77. The predicted octanol–water partition coefficient (Wildman–Crippen LogP) is 17.8. The molecule has 4 aromatic heterocycles. The number of aryl methyl sites for hydroxylation is 3. The molecule has 0 fully saturated rings. The van der Waals surface area contributed by atoms with E-state index >= 15 is 0 Å². The number of aromatic nitrogens is 3. The molecule has 0 spiro atoms. The van der Waals surface area contributed by atoms with Crippen LogP contribution in [0.2, 0.25) is 19.6 Å². The molecule has 0 atom stereocenters. The Morgan fingerprint density at radius 2 is 1.08 bits per heavy atom. The largest absolute Gasteiger partial charge is 0.455 e. The first-order chi connectivity index (χ1) is 32.9. The molecular formula is C65H75IrN3OSi. The zero-order valence-electron chi connectivity index (χ0n) is 45.0. The summed E-state index contributed by atoms with van der Waals surface area (Å²) in [5.41, 5.74) is 19.5. The fraction of sp³-hybridized carbons (Fsp3) is 0.308. The van der Waals surface area contributed by atoms with E-state index in [1.807, 2.05) is 30.6 Å². The van der Waals surface area contributed by atoms with Crippen LogP contribution in [0.1, 0.15) is 95.7 Å². The van der Waals surface area contributed by atoms with Crippen molar-refractivity contribution in [3.63, 3.8) is 0 Å². The minimum Gasteiger partial charge on any atom is -0.455 e. The normalized spacial score (nSPS) is 11.9. The molecule has 0 N–H and O–H groups in total. The molecule has 0 saturated heterocycles. The van der Waals surface area contributed by atoms with Crippen molar-refractivity contribution in [2.45, 2.75) is 121 Å². The van der Waals surface area contributed by atoms with Crippen molar-refractivity contribution in [2.24, 2.45) is 10.8 Å². The van der Waals surface area contributed by atoms with Gasteiger partial charge in [0.25, 0.3) is 0 Å². The monoisotopic (exact) mass is 1130 g/mol. The van der Waals surface area contributed by atoms with E-state index in [1.165, 1.54) is 60.8 Å². The molecule has 369 valence electrons. The third-order valence-electron chi connectivity index (χ3n) is 12.6. The van der Waals surface area contributed by atoms with E-state index in [-0.39, 0.29) is 25.5 Å². The van der Waals surface area contributed by atoms with Crippen molar-refractivity contribution in [3.8, 4) is 44.9 Å². The molecule has 0 unspecified atom stereocenters. The Hall–Kier alpha value is -5.78. The number of furan rings is 1. The Balaban J connectivity index is 0.000000184. The molecule has 0 aliphatic carbocycles. The van der Waals surface area contributed by atoms with Gasteiger partial charge in [-0.15, -0.1) is 0 Å². The Bertz CT molecular complexity index is 3200. The quantitative estimate of drug-likeness (QED) is 0.149. The number of hydrogen-bond acceptors (Lipinski definition) is 4. The molecule has 9 aromatic rings. The second kappa shape index (κ2) is 22.3. The van der Waals surface area contributed by atoms with Crippen molar-refractivity contribution in [2.75, 3.05) is 0 Å². The second-order valence-electron chi connectivity index (χ2n) is 23.7. The Morgan fingerprint density at radius 1 is 0.507 bits per heavy atom. The molecule has 9 rings (SSSR count). The van der Waals surface area contributed by atoms with Crippen LogP contribution in [0.5, 0.6) is 0 Å². The van der Waals surface area contributed by atoms with Crippen LogP contribution >= 0.6 is 0 Å². The van der Waals surface area contributed by atoms with Gasteiger partial charge in [0.15, 0.2) is 0 Å². The third kappa shape index (κ3) is 14.2. The number of pyridine rings is 3. The molecule has 0 saturated carbocycles. The van der Waals surface area contributed by atoms with Crippen LogP contribution in [0.3, 0.4) is 0 Å². The summed E-state index contributed by atoms with van der Waals surface area (Å²) in [7, 11) is -1.36.